The minimum atomic E-state index is -1.17. The van der Waals surface area contributed by atoms with E-state index in [0.29, 0.717) is 18.6 Å². The zero-order valence-corrected chi connectivity index (χ0v) is 20.8. The van der Waals surface area contributed by atoms with Crippen LogP contribution in [0.4, 0.5) is 0 Å². The number of hydrogen-bond acceptors (Lipinski definition) is 7. The molecule has 4 atom stereocenters. The summed E-state index contributed by atoms with van der Waals surface area (Å²) in [5, 5.41) is 17.0. The lowest BCUT2D eigenvalue weighted by molar-refractivity contribution is -0.143. The predicted octanol–water partition coefficient (Wildman–Crippen LogP) is 0.434. The molecular weight excluding hydrogens is 464 g/mol. The van der Waals surface area contributed by atoms with Gasteiger partial charge in [0.15, 0.2) is 0 Å². The average Bonchev–Trinajstić information content (AvgIpc) is 2.78. The molecule has 33 heavy (non-hydrogen) atoms. The monoisotopic (exact) mass is 498 g/mol. The Balaban J connectivity index is 2.82. The molecule has 1 aromatic carbocycles. The molecular formula is C22H34N4O5S2. The number of aliphatic carboxylic acids is 1. The maximum Gasteiger partial charge on any atom is 0.326 e. The average molecular weight is 499 g/mol. The molecule has 0 fully saturated rings. The maximum atomic E-state index is 12.9. The number of rotatable bonds is 14. The van der Waals surface area contributed by atoms with E-state index in [1.165, 1.54) is 11.8 Å². The molecule has 0 bridgehead atoms. The van der Waals surface area contributed by atoms with Crippen LogP contribution in [0.2, 0.25) is 0 Å². The maximum absolute atomic E-state index is 12.9. The lowest BCUT2D eigenvalue weighted by Gasteiger charge is -2.25. The summed E-state index contributed by atoms with van der Waals surface area (Å²) in [5.74, 6) is -2.65. The number of thiol groups is 1. The van der Waals surface area contributed by atoms with Crippen molar-refractivity contribution >= 4 is 48.1 Å². The summed E-state index contributed by atoms with van der Waals surface area (Å²) in [5.41, 5.74) is 6.93. The van der Waals surface area contributed by atoms with Gasteiger partial charge in [-0.3, -0.25) is 14.4 Å². The highest BCUT2D eigenvalue weighted by Crippen LogP contribution is 2.06. The van der Waals surface area contributed by atoms with Crippen LogP contribution in [-0.4, -0.2) is 70.7 Å². The first-order valence-corrected chi connectivity index (χ1v) is 12.7. The van der Waals surface area contributed by atoms with Crippen molar-refractivity contribution in [3.8, 4) is 0 Å². The van der Waals surface area contributed by atoms with Crippen molar-refractivity contribution in [2.24, 2.45) is 11.7 Å². The van der Waals surface area contributed by atoms with Crippen molar-refractivity contribution < 1.29 is 24.3 Å². The highest BCUT2D eigenvalue weighted by molar-refractivity contribution is 7.98. The van der Waals surface area contributed by atoms with Crippen LogP contribution < -0.4 is 21.7 Å². The van der Waals surface area contributed by atoms with Gasteiger partial charge in [-0.15, -0.1) is 0 Å². The number of carbonyl (C=O) groups is 4. The first-order chi connectivity index (χ1) is 15.6. The SMILES string of the molecule is CSCCC(NC(=O)C(N)Cc1ccccc1)C(=O)NC(CS)C(=O)NC(C(=O)O)C(C)C. The molecule has 0 aliphatic rings. The minimum absolute atomic E-state index is 0.0429. The molecule has 0 aromatic heterocycles. The van der Waals surface area contributed by atoms with E-state index in [4.69, 9.17) is 5.73 Å². The van der Waals surface area contributed by atoms with Crippen molar-refractivity contribution in [2.45, 2.75) is 50.9 Å². The van der Waals surface area contributed by atoms with Gasteiger partial charge in [-0.25, -0.2) is 4.79 Å². The van der Waals surface area contributed by atoms with Crippen molar-refractivity contribution in [1.82, 2.24) is 16.0 Å². The van der Waals surface area contributed by atoms with Gasteiger partial charge in [-0.05, 0) is 36.3 Å². The molecule has 0 aliphatic carbocycles. The number of thioether (sulfide) groups is 1. The molecule has 9 nitrogen and oxygen atoms in total. The van der Waals surface area contributed by atoms with E-state index in [1.54, 1.807) is 13.8 Å². The van der Waals surface area contributed by atoms with Crippen LogP contribution in [0.1, 0.15) is 25.8 Å². The molecule has 1 rings (SSSR count). The lowest BCUT2D eigenvalue weighted by atomic mass is 10.0. The Morgan fingerprint density at radius 2 is 1.58 bits per heavy atom. The summed E-state index contributed by atoms with van der Waals surface area (Å²) in [6.45, 7) is 3.33. The summed E-state index contributed by atoms with van der Waals surface area (Å²) in [6.07, 6.45) is 2.53. The molecule has 6 N–H and O–H groups in total. The Morgan fingerprint density at radius 1 is 1.00 bits per heavy atom. The second kappa shape index (κ2) is 14.8. The van der Waals surface area contributed by atoms with Crippen molar-refractivity contribution in [2.75, 3.05) is 17.8 Å². The number of carboxylic acids is 1. The molecule has 3 amide bonds. The Morgan fingerprint density at radius 3 is 2.09 bits per heavy atom. The summed E-state index contributed by atoms with van der Waals surface area (Å²) in [7, 11) is 0. The number of nitrogens with one attached hydrogen (secondary N) is 3. The van der Waals surface area contributed by atoms with E-state index in [1.807, 2.05) is 36.6 Å². The quantitative estimate of drug-likeness (QED) is 0.204. The van der Waals surface area contributed by atoms with Crippen LogP contribution in [0.5, 0.6) is 0 Å². The highest BCUT2D eigenvalue weighted by atomic mass is 32.2. The second-order valence-corrected chi connectivity index (χ2v) is 9.30. The molecule has 0 radical (unpaired) electrons. The van der Waals surface area contributed by atoms with Crippen LogP contribution in [0.3, 0.4) is 0 Å². The van der Waals surface area contributed by atoms with Gasteiger partial charge in [0.2, 0.25) is 17.7 Å². The van der Waals surface area contributed by atoms with Crippen LogP contribution in [0.25, 0.3) is 0 Å². The number of nitrogens with two attached hydrogens (primary N) is 1. The molecule has 0 aliphatic heterocycles. The fourth-order valence-corrected chi connectivity index (χ4v) is 3.71. The van der Waals surface area contributed by atoms with E-state index >= 15 is 0 Å². The van der Waals surface area contributed by atoms with Crippen LogP contribution in [0, 0.1) is 5.92 Å². The van der Waals surface area contributed by atoms with Gasteiger partial charge in [-0.1, -0.05) is 44.2 Å². The van der Waals surface area contributed by atoms with Gasteiger partial charge in [0.1, 0.15) is 18.1 Å². The molecule has 0 heterocycles. The summed E-state index contributed by atoms with van der Waals surface area (Å²) in [6, 6.07) is 5.40. The molecule has 184 valence electrons. The third-order valence-corrected chi connectivity index (χ3v) is 5.93. The molecule has 0 saturated carbocycles. The van der Waals surface area contributed by atoms with Crippen LogP contribution >= 0.6 is 24.4 Å². The van der Waals surface area contributed by atoms with Gasteiger partial charge in [0.05, 0.1) is 6.04 Å². The molecule has 0 saturated heterocycles. The van der Waals surface area contributed by atoms with E-state index in [2.05, 4.69) is 28.6 Å². The summed E-state index contributed by atoms with van der Waals surface area (Å²) >= 11 is 5.63. The summed E-state index contributed by atoms with van der Waals surface area (Å²) < 4.78 is 0. The Kier molecular flexibility index (Phi) is 12.9. The van der Waals surface area contributed by atoms with E-state index in [9.17, 15) is 24.3 Å². The van der Waals surface area contributed by atoms with Gasteiger partial charge >= 0.3 is 5.97 Å². The Labute approximate surface area is 204 Å². The van der Waals surface area contributed by atoms with E-state index < -0.39 is 47.9 Å². The topological polar surface area (TPSA) is 151 Å². The highest BCUT2D eigenvalue weighted by Gasteiger charge is 2.30. The number of carbonyl (C=O) groups excluding carboxylic acids is 3. The summed E-state index contributed by atoms with van der Waals surface area (Å²) in [4.78, 5) is 49.4. The number of benzene rings is 1. The van der Waals surface area contributed by atoms with Crippen molar-refractivity contribution in [1.29, 1.82) is 0 Å². The number of carboxylic acid groups (broad SMARTS) is 1. The van der Waals surface area contributed by atoms with Crippen molar-refractivity contribution in [3.63, 3.8) is 0 Å². The largest absolute Gasteiger partial charge is 0.480 e. The van der Waals surface area contributed by atoms with E-state index in [0.717, 1.165) is 5.56 Å². The third-order valence-electron chi connectivity index (χ3n) is 4.92. The fraction of sp³-hybridized carbons (Fsp3) is 0.545. The molecule has 4 unspecified atom stereocenters. The number of hydrogen-bond donors (Lipinski definition) is 6. The van der Waals surface area contributed by atoms with E-state index in [-0.39, 0.29) is 11.7 Å². The first kappa shape index (κ1) is 28.8. The van der Waals surface area contributed by atoms with Gasteiger partial charge < -0.3 is 26.8 Å². The zero-order chi connectivity index (χ0) is 25.0. The standard InChI is InChI=1S/C22H34N4O5S2/c1-13(2)18(22(30)31)26-21(29)17(12-32)25-20(28)16(9-10-33-3)24-19(27)15(23)11-14-7-5-4-6-8-14/h4-8,13,15-18,32H,9-12,23H2,1-3H3,(H,24,27)(H,25,28)(H,26,29)(H,30,31). The Hall–Kier alpha value is -2.24. The normalized spacial score (nSPS) is 14.6. The molecule has 11 heteroatoms. The first-order valence-electron chi connectivity index (χ1n) is 10.6. The van der Waals surface area contributed by atoms with Gasteiger partial charge in [0.25, 0.3) is 0 Å². The third kappa shape index (κ3) is 10.1. The fourth-order valence-electron chi connectivity index (χ4n) is 2.98. The van der Waals surface area contributed by atoms with Gasteiger partial charge in [0, 0.05) is 5.75 Å². The smallest absolute Gasteiger partial charge is 0.326 e. The second-order valence-electron chi connectivity index (χ2n) is 7.95. The predicted molar refractivity (Wildman–Crippen MR) is 133 cm³/mol. The molecule has 0 spiro atoms. The number of amides is 3. The minimum Gasteiger partial charge on any atom is -0.480 e. The van der Waals surface area contributed by atoms with Gasteiger partial charge in [-0.2, -0.15) is 24.4 Å². The Bertz CT molecular complexity index is 794. The lowest BCUT2D eigenvalue weighted by Crippen LogP contribution is -2.58. The zero-order valence-electron chi connectivity index (χ0n) is 19.1. The van der Waals surface area contributed by atoms with Crippen molar-refractivity contribution in [3.05, 3.63) is 35.9 Å². The molecule has 1 aromatic rings. The van der Waals surface area contributed by atoms with Crippen LogP contribution in [-0.2, 0) is 25.6 Å². The van der Waals surface area contributed by atoms with Crippen LogP contribution in [0.15, 0.2) is 30.3 Å².